The number of hydrogen-bond donors (Lipinski definition) is 2. The smallest absolute Gasteiger partial charge is 0.238 e. The van der Waals surface area contributed by atoms with E-state index in [1.807, 2.05) is 0 Å². The molecule has 1 aliphatic rings. The molecule has 100 valence electrons. The molecule has 1 aromatic rings. The van der Waals surface area contributed by atoms with Crippen LogP contribution in [0.2, 0.25) is 5.02 Å². The molecule has 0 spiro atoms. The van der Waals surface area contributed by atoms with Crippen molar-refractivity contribution in [1.82, 2.24) is 5.32 Å². The number of halogens is 1. The van der Waals surface area contributed by atoms with Crippen molar-refractivity contribution >= 4 is 29.2 Å². The Balaban J connectivity index is 2.62. The molecule has 1 aromatic carbocycles. The summed E-state index contributed by atoms with van der Waals surface area (Å²) in [5.74, 6) is -2.35. The molecule has 3 N–H and O–H groups in total. The highest BCUT2D eigenvalue weighted by Crippen LogP contribution is 2.46. The summed E-state index contributed by atoms with van der Waals surface area (Å²) in [6.07, 6.45) is -0.0186. The third-order valence-electron chi connectivity index (χ3n) is 3.56. The third kappa shape index (κ3) is 1.81. The minimum absolute atomic E-state index is 0.0186. The van der Waals surface area contributed by atoms with Gasteiger partial charge in [-0.15, -0.1) is 0 Å². The van der Waals surface area contributed by atoms with Gasteiger partial charge in [-0.1, -0.05) is 23.7 Å². The second-order valence-corrected chi connectivity index (χ2v) is 4.92. The van der Waals surface area contributed by atoms with Gasteiger partial charge < -0.3 is 11.1 Å². The molecule has 19 heavy (non-hydrogen) atoms. The largest absolute Gasteiger partial charge is 0.369 e. The monoisotopic (exact) mass is 280 g/mol. The summed E-state index contributed by atoms with van der Waals surface area (Å²) in [6.45, 7) is 0. The molecule has 2 rings (SSSR count). The zero-order valence-corrected chi connectivity index (χ0v) is 11.0. The number of Topliss-reactive ketones (excluding diaryl/α,β-unsaturated/α-hetero) is 1. The first-order chi connectivity index (χ1) is 8.94. The van der Waals surface area contributed by atoms with Gasteiger partial charge in [-0.05, 0) is 17.7 Å². The van der Waals surface area contributed by atoms with Crippen LogP contribution in [0.15, 0.2) is 24.3 Å². The number of benzene rings is 1. The number of nitrogens with one attached hydrogen (secondary N) is 1. The molecule has 0 saturated heterocycles. The number of primary amides is 1. The van der Waals surface area contributed by atoms with Crippen LogP contribution in [-0.4, -0.2) is 24.6 Å². The summed E-state index contributed by atoms with van der Waals surface area (Å²) in [4.78, 5) is 35.7. The van der Waals surface area contributed by atoms with Crippen molar-refractivity contribution in [3.63, 3.8) is 0 Å². The minimum Gasteiger partial charge on any atom is -0.369 e. The molecule has 2 amide bonds. The van der Waals surface area contributed by atoms with Gasteiger partial charge in [-0.3, -0.25) is 14.4 Å². The number of carbonyl (C=O) groups excluding carboxylic acids is 3. The Morgan fingerprint density at radius 3 is 2.63 bits per heavy atom. The number of amides is 2. The van der Waals surface area contributed by atoms with E-state index in [0.717, 1.165) is 0 Å². The van der Waals surface area contributed by atoms with E-state index in [1.54, 1.807) is 18.2 Å². The number of likely N-dealkylation sites (N-methyl/N-ethyl adjacent to an activating group) is 1. The Morgan fingerprint density at radius 2 is 2.16 bits per heavy atom. The highest BCUT2D eigenvalue weighted by Gasteiger charge is 2.63. The molecule has 2 unspecified atom stereocenters. The Hall–Kier alpha value is -1.88. The van der Waals surface area contributed by atoms with E-state index in [0.29, 0.717) is 10.6 Å². The molecule has 2 atom stereocenters. The van der Waals surface area contributed by atoms with Gasteiger partial charge in [-0.25, -0.2) is 0 Å². The molecule has 1 saturated carbocycles. The number of rotatable bonds is 3. The SMILES string of the molecule is CNC(=O)C1(c2cccc(Cl)c2)C(=O)CC1C(N)=O. The summed E-state index contributed by atoms with van der Waals surface area (Å²) in [5.41, 5.74) is 4.17. The summed E-state index contributed by atoms with van der Waals surface area (Å²) in [5, 5.41) is 2.82. The topological polar surface area (TPSA) is 89.3 Å². The Kier molecular flexibility index (Phi) is 3.32. The van der Waals surface area contributed by atoms with Crippen LogP contribution >= 0.6 is 11.6 Å². The average Bonchev–Trinajstić information content (AvgIpc) is 2.35. The van der Waals surface area contributed by atoms with E-state index in [4.69, 9.17) is 17.3 Å². The summed E-state index contributed by atoms with van der Waals surface area (Å²) >= 11 is 5.90. The van der Waals surface area contributed by atoms with Crippen molar-refractivity contribution in [2.45, 2.75) is 11.8 Å². The summed E-state index contributed by atoms with van der Waals surface area (Å²) < 4.78 is 0. The van der Waals surface area contributed by atoms with E-state index < -0.39 is 23.1 Å². The normalized spacial score (nSPS) is 25.6. The van der Waals surface area contributed by atoms with Gasteiger partial charge in [0.25, 0.3) is 0 Å². The first-order valence-electron chi connectivity index (χ1n) is 5.75. The van der Waals surface area contributed by atoms with E-state index in [9.17, 15) is 14.4 Å². The fraction of sp³-hybridized carbons (Fsp3) is 0.308. The number of nitrogens with two attached hydrogens (primary N) is 1. The van der Waals surface area contributed by atoms with Gasteiger partial charge >= 0.3 is 0 Å². The van der Waals surface area contributed by atoms with Crippen molar-refractivity contribution < 1.29 is 14.4 Å². The van der Waals surface area contributed by atoms with Crippen LogP contribution in [0, 0.1) is 5.92 Å². The quantitative estimate of drug-likeness (QED) is 0.785. The molecule has 0 bridgehead atoms. The lowest BCUT2D eigenvalue weighted by atomic mass is 9.54. The van der Waals surface area contributed by atoms with Gasteiger partial charge in [0, 0.05) is 18.5 Å². The van der Waals surface area contributed by atoms with Gasteiger partial charge in [0.05, 0.1) is 5.92 Å². The highest BCUT2D eigenvalue weighted by molar-refractivity contribution is 6.31. The first-order valence-corrected chi connectivity index (χ1v) is 6.13. The zero-order valence-electron chi connectivity index (χ0n) is 10.3. The van der Waals surface area contributed by atoms with Crippen LogP contribution in [0.1, 0.15) is 12.0 Å². The average molecular weight is 281 g/mol. The summed E-state index contributed by atoms with van der Waals surface area (Å²) in [7, 11) is 1.41. The molecular formula is C13H13ClN2O3. The van der Waals surface area contributed by atoms with Crippen LogP contribution in [0.3, 0.4) is 0 Å². The maximum atomic E-state index is 12.2. The molecule has 0 radical (unpaired) electrons. The first kappa shape index (κ1) is 13.5. The predicted octanol–water partition coefficient (Wildman–Crippen LogP) is 0.398. The molecular weight excluding hydrogens is 268 g/mol. The molecule has 0 aliphatic heterocycles. The van der Waals surface area contributed by atoms with Crippen molar-refractivity contribution in [3.8, 4) is 0 Å². The van der Waals surface area contributed by atoms with Crippen LogP contribution in [-0.2, 0) is 19.8 Å². The van der Waals surface area contributed by atoms with Crippen molar-refractivity contribution in [2.24, 2.45) is 11.7 Å². The second-order valence-electron chi connectivity index (χ2n) is 4.48. The zero-order chi connectivity index (χ0) is 14.2. The third-order valence-corrected chi connectivity index (χ3v) is 3.80. The molecule has 1 aliphatic carbocycles. The second kappa shape index (κ2) is 4.66. The summed E-state index contributed by atoms with van der Waals surface area (Å²) in [6, 6.07) is 6.38. The van der Waals surface area contributed by atoms with Crippen molar-refractivity contribution in [1.29, 1.82) is 0 Å². The number of carbonyl (C=O) groups is 3. The van der Waals surface area contributed by atoms with Gasteiger partial charge in [0.15, 0.2) is 5.78 Å². The maximum Gasteiger partial charge on any atom is 0.238 e. The molecule has 5 nitrogen and oxygen atoms in total. The van der Waals surface area contributed by atoms with Crippen LogP contribution < -0.4 is 11.1 Å². The Labute approximate surface area is 115 Å². The maximum absolute atomic E-state index is 12.2. The lowest BCUT2D eigenvalue weighted by molar-refractivity contribution is -0.154. The van der Waals surface area contributed by atoms with Crippen LogP contribution in [0.4, 0.5) is 0 Å². The van der Waals surface area contributed by atoms with E-state index in [-0.39, 0.29) is 12.2 Å². The minimum atomic E-state index is -1.54. The molecule has 0 heterocycles. The highest BCUT2D eigenvalue weighted by atomic mass is 35.5. The fourth-order valence-electron chi connectivity index (χ4n) is 2.59. The number of hydrogen-bond acceptors (Lipinski definition) is 3. The van der Waals surface area contributed by atoms with E-state index >= 15 is 0 Å². The molecule has 0 aromatic heterocycles. The Morgan fingerprint density at radius 1 is 1.47 bits per heavy atom. The standard InChI is InChI=1S/C13H13ClN2O3/c1-16-12(19)13(7-3-2-4-8(14)5-7)9(11(15)18)6-10(13)17/h2-5,9H,6H2,1H3,(H2,15,18)(H,16,19). The lowest BCUT2D eigenvalue weighted by Gasteiger charge is -2.44. The van der Waals surface area contributed by atoms with Crippen molar-refractivity contribution in [3.05, 3.63) is 34.9 Å². The predicted molar refractivity (Wildman–Crippen MR) is 69.5 cm³/mol. The van der Waals surface area contributed by atoms with E-state index in [1.165, 1.54) is 13.1 Å². The fourth-order valence-corrected chi connectivity index (χ4v) is 2.78. The Bertz CT molecular complexity index is 573. The lowest BCUT2D eigenvalue weighted by Crippen LogP contribution is -2.65. The molecule has 1 fully saturated rings. The van der Waals surface area contributed by atoms with Crippen LogP contribution in [0.25, 0.3) is 0 Å². The van der Waals surface area contributed by atoms with Crippen molar-refractivity contribution in [2.75, 3.05) is 7.05 Å². The van der Waals surface area contributed by atoms with Gasteiger partial charge in [0.2, 0.25) is 11.8 Å². The van der Waals surface area contributed by atoms with Crippen LogP contribution in [0.5, 0.6) is 0 Å². The van der Waals surface area contributed by atoms with Gasteiger partial charge in [0.1, 0.15) is 5.41 Å². The van der Waals surface area contributed by atoms with Gasteiger partial charge in [-0.2, -0.15) is 0 Å². The number of ketones is 1. The molecule has 6 heteroatoms. The van der Waals surface area contributed by atoms with E-state index in [2.05, 4.69) is 5.32 Å².